The first-order chi connectivity index (χ1) is 15.4. The molecule has 3 aromatic rings. The van der Waals surface area contributed by atoms with Crippen LogP contribution in [0.5, 0.6) is 0 Å². The summed E-state index contributed by atoms with van der Waals surface area (Å²) < 4.78 is 0. The fourth-order valence-corrected chi connectivity index (χ4v) is 4.03. The number of carbonyl (C=O) groups excluding carboxylic acids is 2. The van der Waals surface area contributed by atoms with Gasteiger partial charge in [-0.25, -0.2) is 5.43 Å². The fraction of sp³-hybridized carbons (Fsp3) is 0.160. The van der Waals surface area contributed by atoms with Gasteiger partial charge in [0, 0.05) is 16.6 Å². The molecule has 1 aliphatic rings. The van der Waals surface area contributed by atoms with Gasteiger partial charge >= 0.3 is 0 Å². The quantitative estimate of drug-likeness (QED) is 0.351. The summed E-state index contributed by atoms with van der Waals surface area (Å²) in [6.07, 6.45) is 0.833. The minimum Gasteiger partial charge on any atom is -0.322 e. The summed E-state index contributed by atoms with van der Waals surface area (Å²) in [5.74, 6) is -0.221. The normalized spacial score (nSPS) is 17.5. The maximum absolute atomic E-state index is 12.5. The summed E-state index contributed by atoms with van der Waals surface area (Å²) in [6.45, 7) is 1.80. The van der Waals surface area contributed by atoms with Crippen LogP contribution >= 0.6 is 23.2 Å². The van der Waals surface area contributed by atoms with Crippen LogP contribution in [0.2, 0.25) is 10.0 Å². The Balaban J connectivity index is 1.38. The first-order valence-corrected chi connectivity index (χ1v) is 10.9. The van der Waals surface area contributed by atoms with Gasteiger partial charge in [0.2, 0.25) is 5.91 Å². The van der Waals surface area contributed by atoms with Crippen LogP contribution in [0.3, 0.4) is 0 Å². The number of carbonyl (C=O) groups is 2. The van der Waals surface area contributed by atoms with Crippen LogP contribution in [-0.2, 0) is 4.79 Å². The Bertz CT molecular complexity index is 1190. The van der Waals surface area contributed by atoms with Gasteiger partial charge < -0.3 is 5.32 Å². The Hall–Kier alpha value is -3.15. The lowest BCUT2D eigenvalue weighted by atomic mass is 10.1. The SMILES string of the molecule is C/C(=N/NC(=O)C1CC1c1ccccc1)c1cccc(NC(=O)c2ccc(Cl)cc2Cl)c1. The van der Waals surface area contributed by atoms with Crippen LogP contribution < -0.4 is 10.7 Å². The van der Waals surface area contributed by atoms with Crippen molar-refractivity contribution in [2.45, 2.75) is 19.3 Å². The Morgan fingerprint density at radius 1 is 0.969 bits per heavy atom. The van der Waals surface area contributed by atoms with Crippen LogP contribution in [0, 0.1) is 5.92 Å². The Labute approximate surface area is 196 Å². The summed E-state index contributed by atoms with van der Waals surface area (Å²) in [4.78, 5) is 25.0. The molecule has 3 aromatic carbocycles. The predicted molar refractivity (Wildman–Crippen MR) is 129 cm³/mol. The summed E-state index contributed by atoms with van der Waals surface area (Å²) >= 11 is 12.0. The van der Waals surface area contributed by atoms with E-state index >= 15 is 0 Å². The third kappa shape index (κ3) is 5.18. The van der Waals surface area contributed by atoms with E-state index in [0.29, 0.717) is 22.0 Å². The summed E-state index contributed by atoms with van der Waals surface area (Å²) in [7, 11) is 0. The van der Waals surface area contributed by atoms with Crippen molar-refractivity contribution >= 4 is 46.4 Å². The summed E-state index contributed by atoms with van der Waals surface area (Å²) in [5, 5.41) is 7.82. The largest absolute Gasteiger partial charge is 0.322 e. The van der Waals surface area contributed by atoms with Gasteiger partial charge in [-0.1, -0.05) is 65.7 Å². The van der Waals surface area contributed by atoms with Crippen molar-refractivity contribution in [1.82, 2.24) is 5.43 Å². The monoisotopic (exact) mass is 465 g/mol. The van der Waals surface area contributed by atoms with Gasteiger partial charge in [0.25, 0.3) is 5.91 Å². The number of hydrogen-bond acceptors (Lipinski definition) is 3. The molecular formula is C25H21Cl2N3O2. The maximum Gasteiger partial charge on any atom is 0.257 e. The molecule has 2 unspecified atom stereocenters. The molecule has 4 rings (SSSR count). The van der Waals surface area contributed by atoms with Crippen LogP contribution in [0.4, 0.5) is 5.69 Å². The van der Waals surface area contributed by atoms with E-state index in [9.17, 15) is 9.59 Å². The van der Waals surface area contributed by atoms with E-state index in [4.69, 9.17) is 23.2 Å². The summed E-state index contributed by atoms with van der Waals surface area (Å²) in [6, 6.07) is 22.0. The van der Waals surface area contributed by atoms with E-state index < -0.39 is 0 Å². The lowest BCUT2D eigenvalue weighted by Crippen LogP contribution is -2.21. The minimum atomic E-state index is -0.340. The Morgan fingerprint density at radius 2 is 1.75 bits per heavy atom. The molecule has 0 bridgehead atoms. The van der Waals surface area contributed by atoms with Crippen molar-refractivity contribution in [3.05, 3.63) is 99.5 Å². The number of rotatable bonds is 6. The van der Waals surface area contributed by atoms with E-state index in [2.05, 4.69) is 15.8 Å². The van der Waals surface area contributed by atoms with E-state index in [1.54, 1.807) is 31.2 Å². The second kappa shape index (κ2) is 9.55. The van der Waals surface area contributed by atoms with Gasteiger partial charge in [-0.15, -0.1) is 0 Å². The molecule has 1 saturated carbocycles. The Kier molecular flexibility index (Phi) is 6.58. The number of anilines is 1. The van der Waals surface area contributed by atoms with Crippen LogP contribution in [0.15, 0.2) is 77.9 Å². The van der Waals surface area contributed by atoms with Gasteiger partial charge in [-0.05, 0) is 60.7 Å². The number of nitrogens with zero attached hydrogens (tertiary/aromatic N) is 1. The molecule has 0 aromatic heterocycles. The van der Waals surface area contributed by atoms with Gasteiger partial charge in [-0.2, -0.15) is 5.10 Å². The molecule has 32 heavy (non-hydrogen) atoms. The predicted octanol–water partition coefficient (Wildman–Crippen LogP) is 5.89. The molecule has 7 heteroatoms. The first-order valence-electron chi connectivity index (χ1n) is 10.2. The van der Waals surface area contributed by atoms with Crippen molar-refractivity contribution in [2.75, 3.05) is 5.32 Å². The number of amides is 2. The second-order valence-corrected chi connectivity index (χ2v) is 8.54. The van der Waals surface area contributed by atoms with Gasteiger partial charge in [0.1, 0.15) is 0 Å². The Morgan fingerprint density at radius 3 is 2.50 bits per heavy atom. The number of nitrogens with one attached hydrogen (secondary N) is 2. The molecule has 1 fully saturated rings. The zero-order valence-corrected chi connectivity index (χ0v) is 18.8. The second-order valence-electron chi connectivity index (χ2n) is 7.69. The highest BCUT2D eigenvalue weighted by atomic mass is 35.5. The third-order valence-electron chi connectivity index (χ3n) is 5.40. The molecule has 2 amide bonds. The molecule has 0 saturated heterocycles. The number of benzene rings is 3. The molecule has 162 valence electrons. The van der Waals surface area contributed by atoms with Crippen molar-refractivity contribution in [3.8, 4) is 0 Å². The lowest BCUT2D eigenvalue weighted by molar-refractivity contribution is -0.122. The average molecular weight is 466 g/mol. The van der Waals surface area contributed by atoms with Gasteiger partial charge in [-0.3, -0.25) is 9.59 Å². The van der Waals surface area contributed by atoms with E-state index in [-0.39, 0.29) is 28.7 Å². The first kappa shape index (κ1) is 22.1. The topological polar surface area (TPSA) is 70.6 Å². The molecule has 0 spiro atoms. The van der Waals surface area contributed by atoms with E-state index in [1.165, 1.54) is 11.6 Å². The molecular weight excluding hydrogens is 445 g/mol. The highest BCUT2D eigenvalue weighted by Gasteiger charge is 2.43. The van der Waals surface area contributed by atoms with E-state index in [1.807, 2.05) is 42.5 Å². The van der Waals surface area contributed by atoms with Crippen molar-refractivity contribution < 1.29 is 9.59 Å². The van der Waals surface area contributed by atoms with Crippen LogP contribution in [0.25, 0.3) is 0 Å². The smallest absolute Gasteiger partial charge is 0.257 e. The molecule has 2 N–H and O–H groups in total. The number of halogens is 2. The molecule has 0 heterocycles. The van der Waals surface area contributed by atoms with Crippen molar-refractivity contribution in [1.29, 1.82) is 0 Å². The van der Waals surface area contributed by atoms with Gasteiger partial charge in [0.05, 0.1) is 16.3 Å². The maximum atomic E-state index is 12.5. The molecule has 0 aliphatic heterocycles. The molecule has 0 radical (unpaired) electrons. The number of hydrogen-bond donors (Lipinski definition) is 2. The van der Waals surface area contributed by atoms with E-state index in [0.717, 1.165) is 12.0 Å². The molecule has 2 atom stereocenters. The lowest BCUT2D eigenvalue weighted by Gasteiger charge is -2.09. The zero-order valence-electron chi connectivity index (χ0n) is 17.3. The fourth-order valence-electron chi connectivity index (χ4n) is 3.53. The highest BCUT2D eigenvalue weighted by Crippen LogP contribution is 2.47. The minimum absolute atomic E-state index is 0.0521. The van der Waals surface area contributed by atoms with Crippen LogP contribution in [0.1, 0.15) is 40.7 Å². The summed E-state index contributed by atoms with van der Waals surface area (Å²) in [5.41, 5.74) is 6.18. The number of hydrazone groups is 1. The molecule has 1 aliphatic carbocycles. The van der Waals surface area contributed by atoms with Gasteiger partial charge in [0.15, 0.2) is 0 Å². The average Bonchev–Trinajstić information content (AvgIpc) is 3.59. The standard InChI is InChI=1S/C25H21Cl2N3O2/c1-15(29-30-25(32)22-14-21(22)16-6-3-2-4-7-16)17-8-5-9-19(12-17)28-24(31)20-11-10-18(26)13-23(20)27/h2-13,21-22H,14H2,1H3,(H,28,31)(H,30,32)/b29-15-. The van der Waals surface area contributed by atoms with Crippen molar-refractivity contribution in [2.24, 2.45) is 11.0 Å². The zero-order chi connectivity index (χ0) is 22.7. The molecule has 5 nitrogen and oxygen atoms in total. The highest BCUT2D eigenvalue weighted by molar-refractivity contribution is 6.37. The third-order valence-corrected chi connectivity index (χ3v) is 5.95. The van der Waals surface area contributed by atoms with Crippen LogP contribution in [-0.4, -0.2) is 17.5 Å². The van der Waals surface area contributed by atoms with Crippen molar-refractivity contribution in [3.63, 3.8) is 0 Å².